The molecule has 1 aliphatic rings. The van der Waals surface area contributed by atoms with Crippen molar-refractivity contribution in [3.63, 3.8) is 0 Å². The quantitative estimate of drug-likeness (QED) is 0.452. The van der Waals surface area contributed by atoms with Gasteiger partial charge in [0, 0.05) is 43.1 Å². The van der Waals surface area contributed by atoms with Crippen LogP contribution >= 0.6 is 0 Å². The van der Waals surface area contributed by atoms with Gasteiger partial charge in [-0.3, -0.25) is 14.5 Å². The molecule has 2 N–H and O–H groups in total. The Balaban J connectivity index is 1.64. The van der Waals surface area contributed by atoms with Gasteiger partial charge in [0.1, 0.15) is 11.9 Å². The van der Waals surface area contributed by atoms with E-state index in [1.165, 1.54) is 0 Å². The van der Waals surface area contributed by atoms with Crippen molar-refractivity contribution in [3.8, 4) is 22.4 Å². The average molecular weight is 489 g/mol. The van der Waals surface area contributed by atoms with Crippen LogP contribution in [0.4, 0.5) is 9.18 Å². The third kappa shape index (κ3) is 4.04. The normalized spacial score (nSPS) is 17.5. The number of fused-ring (bicyclic) bond motifs is 1. The number of nitrogens with zero attached hydrogens (tertiary/aromatic N) is 5. The number of hydrogen-bond donors (Lipinski definition) is 2. The molecule has 0 spiro atoms. The maximum atomic E-state index is 14.4. The molecule has 0 bridgehead atoms. The third-order valence-corrected chi connectivity index (χ3v) is 6.68. The van der Waals surface area contributed by atoms with Gasteiger partial charge in [-0.05, 0) is 66.4 Å². The molecule has 0 unspecified atom stereocenters. The molecule has 10 heteroatoms. The van der Waals surface area contributed by atoms with Gasteiger partial charge in [-0.1, -0.05) is 0 Å². The first-order chi connectivity index (χ1) is 17.2. The van der Waals surface area contributed by atoms with Gasteiger partial charge in [-0.2, -0.15) is 5.10 Å². The minimum atomic E-state index is -1.49. The van der Waals surface area contributed by atoms with Crippen LogP contribution in [0.3, 0.4) is 0 Å². The number of aryl methyl sites for hydroxylation is 3. The Kier molecular flexibility index (Phi) is 5.87. The number of nitrogens with one attached hydrogen (secondary N) is 1. The van der Waals surface area contributed by atoms with E-state index in [-0.39, 0.29) is 18.8 Å². The van der Waals surface area contributed by atoms with Gasteiger partial charge in [0.15, 0.2) is 0 Å². The lowest BCUT2D eigenvalue weighted by atomic mass is 9.90. The predicted octanol–water partition coefficient (Wildman–Crippen LogP) is 3.74. The monoisotopic (exact) mass is 488 g/mol. The molecule has 1 aliphatic heterocycles. The Labute approximate surface area is 206 Å². The van der Waals surface area contributed by atoms with Gasteiger partial charge in [-0.15, -0.1) is 0 Å². The van der Waals surface area contributed by atoms with Crippen molar-refractivity contribution in [2.45, 2.75) is 26.1 Å². The molecular formula is C26H25FN6O3. The lowest BCUT2D eigenvalue weighted by Gasteiger charge is -2.18. The number of aromatic nitrogens is 4. The first-order valence-corrected chi connectivity index (χ1v) is 11.5. The highest BCUT2D eigenvalue weighted by molar-refractivity contribution is 6.04. The summed E-state index contributed by atoms with van der Waals surface area (Å²) < 4.78 is 16.2. The molecule has 2 amide bonds. The van der Waals surface area contributed by atoms with Crippen LogP contribution in [0.25, 0.3) is 33.3 Å². The number of amides is 2. The smallest absolute Gasteiger partial charge is 0.407 e. The van der Waals surface area contributed by atoms with Crippen LogP contribution in [-0.2, 0) is 7.05 Å². The first kappa shape index (κ1) is 23.4. The largest absolute Gasteiger partial charge is 0.465 e. The molecule has 0 saturated carbocycles. The lowest BCUT2D eigenvalue weighted by molar-refractivity contribution is 0.0917. The molecule has 1 saturated heterocycles. The molecule has 3 aromatic heterocycles. The molecule has 1 fully saturated rings. The Hall–Kier alpha value is -4.34. The number of likely N-dealkylation sites (tertiary alicyclic amines) is 1. The summed E-state index contributed by atoms with van der Waals surface area (Å²) >= 11 is 0. The maximum Gasteiger partial charge on any atom is 0.407 e. The van der Waals surface area contributed by atoms with Crippen molar-refractivity contribution < 1.29 is 19.1 Å². The van der Waals surface area contributed by atoms with E-state index >= 15 is 0 Å². The van der Waals surface area contributed by atoms with Crippen LogP contribution in [0.5, 0.6) is 0 Å². The molecule has 4 aromatic rings. The molecule has 0 aliphatic carbocycles. The molecule has 4 heterocycles. The van der Waals surface area contributed by atoms with E-state index in [9.17, 15) is 14.0 Å². The predicted molar refractivity (Wildman–Crippen MR) is 132 cm³/mol. The average Bonchev–Trinajstić information content (AvgIpc) is 3.44. The number of hydrogen-bond acceptors (Lipinski definition) is 5. The Morgan fingerprint density at radius 1 is 1.11 bits per heavy atom. The number of pyridine rings is 2. The Morgan fingerprint density at radius 2 is 1.86 bits per heavy atom. The number of carboxylic acid groups (broad SMARTS) is 1. The molecule has 0 radical (unpaired) electrons. The van der Waals surface area contributed by atoms with Gasteiger partial charge < -0.3 is 15.3 Å². The Bertz CT molecular complexity index is 1490. The second-order valence-corrected chi connectivity index (χ2v) is 9.00. The van der Waals surface area contributed by atoms with Crippen LogP contribution in [0, 0.1) is 13.8 Å². The fourth-order valence-corrected chi connectivity index (χ4v) is 4.98. The number of benzene rings is 1. The van der Waals surface area contributed by atoms with Gasteiger partial charge in [0.05, 0.1) is 23.8 Å². The van der Waals surface area contributed by atoms with Crippen LogP contribution in [-0.4, -0.2) is 67.1 Å². The molecule has 2 atom stereocenters. The van der Waals surface area contributed by atoms with Crippen molar-refractivity contribution in [1.29, 1.82) is 0 Å². The zero-order valence-corrected chi connectivity index (χ0v) is 20.1. The summed E-state index contributed by atoms with van der Waals surface area (Å²) in [6.07, 6.45) is 2.47. The van der Waals surface area contributed by atoms with Crippen LogP contribution < -0.4 is 5.32 Å². The SMILES string of the molecule is Cc1cc2nc(C(=O)N[C@H]3CN(C(=O)O)C[C@H]3F)cc(-c3ccnn3C)c2c(C)c1-c1ccncc1. The van der Waals surface area contributed by atoms with Crippen molar-refractivity contribution in [3.05, 3.63) is 65.7 Å². The van der Waals surface area contributed by atoms with E-state index in [2.05, 4.69) is 20.4 Å². The van der Waals surface area contributed by atoms with Crippen molar-refractivity contribution in [2.75, 3.05) is 13.1 Å². The van der Waals surface area contributed by atoms with E-state index in [4.69, 9.17) is 5.11 Å². The van der Waals surface area contributed by atoms with Crippen molar-refractivity contribution >= 4 is 22.9 Å². The molecule has 36 heavy (non-hydrogen) atoms. The number of carbonyl (C=O) groups is 2. The van der Waals surface area contributed by atoms with E-state index in [1.807, 2.05) is 45.2 Å². The Morgan fingerprint density at radius 3 is 2.50 bits per heavy atom. The minimum Gasteiger partial charge on any atom is -0.465 e. The van der Waals surface area contributed by atoms with Gasteiger partial charge in [-0.25, -0.2) is 14.2 Å². The maximum absolute atomic E-state index is 14.4. The van der Waals surface area contributed by atoms with Gasteiger partial charge >= 0.3 is 6.09 Å². The van der Waals surface area contributed by atoms with Crippen LogP contribution in [0.2, 0.25) is 0 Å². The van der Waals surface area contributed by atoms with Gasteiger partial charge in [0.25, 0.3) is 5.91 Å². The standard InChI is InChI=1S/C26H25FN6O3/c1-14-10-19-24(15(2)23(14)16-4-7-28-8-5-16)17(22-6-9-29-32(22)3)11-20(30-19)25(34)31-21-13-33(26(35)36)12-18(21)27/h4-11,18,21H,12-13H2,1-3H3,(H,31,34)(H,35,36)/t18-,21+/m1/s1. The van der Waals surface area contributed by atoms with Gasteiger partial charge in [0.2, 0.25) is 0 Å². The summed E-state index contributed by atoms with van der Waals surface area (Å²) in [4.78, 5) is 34.1. The fraction of sp³-hybridized carbons (Fsp3) is 0.269. The zero-order valence-electron chi connectivity index (χ0n) is 20.1. The number of rotatable bonds is 4. The second-order valence-electron chi connectivity index (χ2n) is 9.00. The highest BCUT2D eigenvalue weighted by Crippen LogP contribution is 2.38. The summed E-state index contributed by atoms with van der Waals surface area (Å²) in [5.41, 5.74) is 6.40. The summed E-state index contributed by atoms with van der Waals surface area (Å²) in [5.74, 6) is -0.561. The van der Waals surface area contributed by atoms with Crippen LogP contribution in [0.15, 0.2) is 48.9 Å². The summed E-state index contributed by atoms with van der Waals surface area (Å²) in [5, 5.41) is 17.0. The molecule has 5 rings (SSSR count). The minimum absolute atomic E-state index is 0.113. The summed E-state index contributed by atoms with van der Waals surface area (Å²) in [6, 6.07) is 8.45. The second kappa shape index (κ2) is 9.03. The summed E-state index contributed by atoms with van der Waals surface area (Å²) in [7, 11) is 1.82. The van der Waals surface area contributed by atoms with Crippen molar-refractivity contribution in [2.24, 2.45) is 7.05 Å². The molecular weight excluding hydrogens is 463 g/mol. The topological polar surface area (TPSA) is 113 Å². The van der Waals surface area contributed by atoms with E-state index in [0.29, 0.717) is 5.52 Å². The van der Waals surface area contributed by atoms with E-state index in [1.54, 1.807) is 29.3 Å². The lowest BCUT2D eigenvalue weighted by Crippen LogP contribution is -2.42. The highest BCUT2D eigenvalue weighted by atomic mass is 19.1. The highest BCUT2D eigenvalue weighted by Gasteiger charge is 2.36. The fourth-order valence-electron chi connectivity index (χ4n) is 4.98. The number of carbonyl (C=O) groups excluding carboxylic acids is 1. The summed E-state index contributed by atoms with van der Waals surface area (Å²) in [6.45, 7) is 3.63. The first-order valence-electron chi connectivity index (χ1n) is 11.5. The van der Waals surface area contributed by atoms with Crippen molar-refractivity contribution in [1.82, 2.24) is 30.0 Å². The molecule has 1 aromatic carbocycles. The van der Waals surface area contributed by atoms with E-state index in [0.717, 1.165) is 43.8 Å². The third-order valence-electron chi connectivity index (χ3n) is 6.68. The zero-order chi connectivity index (χ0) is 25.6. The number of halogens is 1. The van der Waals surface area contributed by atoms with Crippen LogP contribution in [0.1, 0.15) is 21.6 Å². The molecule has 184 valence electrons. The number of alkyl halides is 1. The van der Waals surface area contributed by atoms with E-state index < -0.39 is 24.2 Å². The molecule has 9 nitrogen and oxygen atoms in total.